The van der Waals surface area contributed by atoms with Crippen molar-refractivity contribution in [3.63, 3.8) is 0 Å². The number of hydrogen-bond acceptors (Lipinski definition) is 1. The number of fused-ring (bicyclic) bond motifs is 2. The Labute approximate surface area is 62.0 Å². The first kappa shape index (κ1) is 6.54. The van der Waals surface area contributed by atoms with E-state index in [4.69, 9.17) is 0 Å². The van der Waals surface area contributed by atoms with Gasteiger partial charge in [0.15, 0.2) is 0 Å². The summed E-state index contributed by atoms with van der Waals surface area (Å²) in [5.74, 6) is 2.75. The van der Waals surface area contributed by atoms with Gasteiger partial charge in [-0.3, -0.25) is 0 Å². The summed E-state index contributed by atoms with van der Waals surface area (Å²) in [7, 11) is 0.187. The molecule has 2 aliphatic carbocycles. The molecule has 0 aromatic rings. The fraction of sp³-hybridized carbons (Fsp3) is 0.625. The molecule has 0 radical (unpaired) electrons. The van der Waals surface area contributed by atoms with Crippen molar-refractivity contribution in [2.24, 2.45) is 5.92 Å². The predicted octanol–water partition coefficient (Wildman–Crippen LogP) is 2.58. The molecule has 2 rings (SSSR count). The van der Waals surface area contributed by atoms with Crippen molar-refractivity contribution in [3.8, 4) is 0 Å². The minimum atomic E-state index is 0.187. The van der Waals surface area contributed by atoms with Crippen LogP contribution in [0.25, 0.3) is 0 Å². The molecule has 52 valence electrons. The molecule has 2 aliphatic rings. The standard InChI is InChI=1S/C8H10OP/c9-10-5-8-4-6-1-2-7(8)3-6/h5-6H,1-4H2/q+1. The molecule has 0 aliphatic heterocycles. The summed E-state index contributed by atoms with van der Waals surface area (Å²) in [6.45, 7) is 0. The first-order valence-electron chi connectivity index (χ1n) is 3.76. The van der Waals surface area contributed by atoms with Gasteiger partial charge in [-0.1, -0.05) is 0 Å². The summed E-state index contributed by atoms with van der Waals surface area (Å²) >= 11 is 0. The monoisotopic (exact) mass is 153 g/mol. The fourth-order valence-electron chi connectivity index (χ4n) is 2.06. The Balaban J connectivity index is 2.30. The van der Waals surface area contributed by atoms with Crippen molar-refractivity contribution in [1.82, 2.24) is 0 Å². The van der Waals surface area contributed by atoms with Crippen LogP contribution in [0.5, 0.6) is 0 Å². The molecule has 1 nitrogen and oxygen atoms in total. The minimum absolute atomic E-state index is 0.187. The first-order valence-corrected chi connectivity index (χ1v) is 4.65. The fourth-order valence-corrected chi connectivity index (χ4v) is 2.48. The van der Waals surface area contributed by atoms with Gasteiger partial charge in [0.2, 0.25) is 0 Å². The number of rotatable bonds is 1. The molecular formula is C8H10OP+. The van der Waals surface area contributed by atoms with Crippen LogP contribution < -0.4 is 0 Å². The van der Waals surface area contributed by atoms with E-state index in [1.807, 2.05) is 5.80 Å². The maximum absolute atomic E-state index is 10.2. The molecule has 0 aromatic carbocycles. The Hall–Kier alpha value is -0.160. The van der Waals surface area contributed by atoms with E-state index in [1.165, 1.54) is 31.3 Å². The van der Waals surface area contributed by atoms with Crippen molar-refractivity contribution < 1.29 is 4.57 Å². The summed E-state index contributed by atoms with van der Waals surface area (Å²) in [6.07, 6.45) is 5.14. The molecule has 0 saturated heterocycles. The maximum atomic E-state index is 10.2. The van der Waals surface area contributed by atoms with Crippen molar-refractivity contribution in [2.75, 3.05) is 0 Å². The molecule has 0 spiro atoms. The van der Waals surface area contributed by atoms with E-state index in [0.717, 1.165) is 5.92 Å². The van der Waals surface area contributed by atoms with Crippen molar-refractivity contribution in [2.45, 2.75) is 25.7 Å². The molecule has 0 amide bonds. The zero-order chi connectivity index (χ0) is 6.97. The van der Waals surface area contributed by atoms with Gasteiger partial charge < -0.3 is 0 Å². The van der Waals surface area contributed by atoms with Crippen LogP contribution in [0.2, 0.25) is 0 Å². The van der Waals surface area contributed by atoms with Gasteiger partial charge >= 0.3 is 61.2 Å². The average Bonchev–Trinajstić information content (AvgIpc) is 2.48. The quantitative estimate of drug-likeness (QED) is 0.529. The summed E-state index contributed by atoms with van der Waals surface area (Å²) < 4.78 is 10.2. The molecule has 1 unspecified atom stereocenters. The van der Waals surface area contributed by atoms with Gasteiger partial charge in [-0.25, -0.2) is 0 Å². The second kappa shape index (κ2) is 2.47. The molecule has 1 saturated carbocycles. The van der Waals surface area contributed by atoms with Gasteiger partial charge in [-0.15, -0.1) is 0 Å². The van der Waals surface area contributed by atoms with Crippen LogP contribution in [-0.2, 0) is 4.57 Å². The molecule has 0 heterocycles. The normalized spacial score (nSPS) is 29.4. The van der Waals surface area contributed by atoms with Gasteiger partial charge in [-0.05, 0) is 0 Å². The van der Waals surface area contributed by atoms with Crippen molar-refractivity contribution in [3.05, 3.63) is 11.1 Å². The third kappa shape index (κ3) is 0.932. The van der Waals surface area contributed by atoms with Gasteiger partial charge in [0.05, 0.1) is 0 Å². The third-order valence-electron chi connectivity index (χ3n) is 2.56. The molecule has 2 heteroatoms. The molecule has 10 heavy (non-hydrogen) atoms. The summed E-state index contributed by atoms with van der Waals surface area (Å²) in [6, 6.07) is 0. The van der Waals surface area contributed by atoms with Crippen LogP contribution in [0.15, 0.2) is 11.1 Å². The molecule has 0 N–H and O–H groups in total. The van der Waals surface area contributed by atoms with E-state index >= 15 is 0 Å². The van der Waals surface area contributed by atoms with Crippen LogP contribution in [0.1, 0.15) is 25.7 Å². The van der Waals surface area contributed by atoms with Gasteiger partial charge in [0, 0.05) is 0 Å². The average molecular weight is 153 g/mol. The zero-order valence-corrected chi connectivity index (χ0v) is 6.73. The second-order valence-electron chi connectivity index (χ2n) is 3.18. The summed E-state index contributed by atoms with van der Waals surface area (Å²) in [5.41, 5.74) is 2.96. The summed E-state index contributed by atoms with van der Waals surface area (Å²) in [5, 5.41) is 0. The zero-order valence-electron chi connectivity index (χ0n) is 5.84. The predicted molar refractivity (Wildman–Crippen MR) is 42.7 cm³/mol. The van der Waals surface area contributed by atoms with Gasteiger partial charge in [0.25, 0.3) is 0 Å². The van der Waals surface area contributed by atoms with E-state index in [-0.39, 0.29) is 8.08 Å². The van der Waals surface area contributed by atoms with Gasteiger partial charge in [0.1, 0.15) is 0 Å². The Morgan fingerprint density at radius 3 is 2.90 bits per heavy atom. The number of hydrogen-bond donors (Lipinski definition) is 0. The van der Waals surface area contributed by atoms with Crippen LogP contribution in [0.3, 0.4) is 0 Å². The van der Waals surface area contributed by atoms with Crippen molar-refractivity contribution >= 4 is 13.9 Å². The Kier molecular flexibility index (Phi) is 1.61. The molecule has 1 atom stereocenters. The second-order valence-corrected chi connectivity index (χ2v) is 3.65. The Bertz CT molecular complexity index is 236. The van der Waals surface area contributed by atoms with E-state index in [1.54, 1.807) is 5.57 Å². The molecule has 0 aromatic heterocycles. The topological polar surface area (TPSA) is 17.1 Å². The first-order chi connectivity index (χ1) is 4.90. The van der Waals surface area contributed by atoms with Crippen LogP contribution >= 0.6 is 8.08 Å². The third-order valence-corrected chi connectivity index (χ3v) is 2.98. The SMILES string of the molecule is O=[P+]=CC1=C2CCC(C1)C2. The molecular weight excluding hydrogens is 143 g/mol. The van der Waals surface area contributed by atoms with Crippen molar-refractivity contribution in [1.29, 1.82) is 0 Å². The summed E-state index contributed by atoms with van der Waals surface area (Å²) in [4.78, 5) is 0. The van der Waals surface area contributed by atoms with Crippen LogP contribution in [0.4, 0.5) is 0 Å². The molecule has 1 fully saturated rings. The van der Waals surface area contributed by atoms with Crippen LogP contribution in [-0.4, -0.2) is 5.80 Å². The Morgan fingerprint density at radius 1 is 1.50 bits per heavy atom. The van der Waals surface area contributed by atoms with E-state index in [9.17, 15) is 4.57 Å². The van der Waals surface area contributed by atoms with E-state index in [2.05, 4.69) is 0 Å². The van der Waals surface area contributed by atoms with Gasteiger partial charge in [-0.2, -0.15) is 0 Å². The number of allylic oxidation sites excluding steroid dienone is 2. The van der Waals surface area contributed by atoms with Crippen LogP contribution in [0, 0.1) is 5.92 Å². The van der Waals surface area contributed by atoms with E-state index in [0.29, 0.717) is 0 Å². The Morgan fingerprint density at radius 2 is 2.40 bits per heavy atom. The van der Waals surface area contributed by atoms with E-state index < -0.39 is 0 Å². The molecule has 2 bridgehead atoms.